The number of benzene rings is 4. The van der Waals surface area contributed by atoms with E-state index in [1.54, 1.807) is 36.4 Å². The fraction of sp³-hybridized carbons (Fsp3) is 0.133. The SMILES string of the molecule is NC(=O)c1cccc2c1c1c(OOCC(=O)O)cc(-c3ccccc3)cc1n2Cc1ccc(C(F)(F)F)cc1C(F)(F)F. The molecule has 0 aliphatic heterocycles. The third kappa shape index (κ3) is 5.84. The van der Waals surface area contributed by atoms with E-state index in [4.69, 9.17) is 20.6 Å². The van der Waals surface area contributed by atoms with Crippen LogP contribution in [0.4, 0.5) is 26.3 Å². The molecule has 13 heteroatoms. The Morgan fingerprint density at radius 2 is 1.51 bits per heavy atom. The predicted octanol–water partition coefficient (Wildman–Crippen LogP) is 7.04. The van der Waals surface area contributed by atoms with Crippen LogP contribution in [0.3, 0.4) is 0 Å². The first-order valence-electron chi connectivity index (χ1n) is 12.5. The molecule has 0 unspecified atom stereocenters. The van der Waals surface area contributed by atoms with E-state index in [0.717, 1.165) is 6.07 Å². The second kappa shape index (κ2) is 11.0. The quantitative estimate of drug-likeness (QED) is 0.113. The molecule has 5 aromatic rings. The molecule has 0 atom stereocenters. The molecule has 0 fully saturated rings. The fourth-order valence-electron chi connectivity index (χ4n) is 4.93. The number of halogens is 6. The second-order valence-electron chi connectivity index (χ2n) is 9.49. The van der Waals surface area contributed by atoms with Crippen LogP contribution in [0.5, 0.6) is 5.75 Å². The number of carbonyl (C=O) groups excluding carboxylic acids is 1. The molecule has 0 aliphatic rings. The molecule has 0 bridgehead atoms. The lowest BCUT2D eigenvalue weighted by atomic mass is 10.0. The van der Waals surface area contributed by atoms with Crippen LogP contribution in [0.25, 0.3) is 32.9 Å². The summed E-state index contributed by atoms with van der Waals surface area (Å²) in [5, 5.41) is 9.35. The van der Waals surface area contributed by atoms with Gasteiger partial charge in [-0.05, 0) is 53.1 Å². The number of hydrogen-bond acceptors (Lipinski definition) is 4. The lowest BCUT2D eigenvalue weighted by Crippen LogP contribution is -2.15. The van der Waals surface area contributed by atoms with E-state index in [1.165, 1.54) is 28.8 Å². The monoisotopic (exact) mass is 602 g/mol. The van der Waals surface area contributed by atoms with Gasteiger partial charge in [-0.1, -0.05) is 42.5 Å². The Hall–Kier alpha value is -5.04. The van der Waals surface area contributed by atoms with Crippen LogP contribution >= 0.6 is 0 Å². The van der Waals surface area contributed by atoms with E-state index in [2.05, 4.69) is 0 Å². The number of carboxylic acids is 1. The van der Waals surface area contributed by atoms with Crippen LogP contribution in [-0.2, 0) is 28.6 Å². The van der Waals surface area contributed by atoms with Crippen molar-refractivity contribution >= 4 is 33.7 Å². The van der Waals surface area contributed by atoms with Crippen molar-refractivity contribution in [3.8, 4) is 16.9 Å². The molecule has 0 saturated heterocycles. The number of alkyl halides is 6. The molecule has 7 nitrogen and oxygen atoms in total. The zero-order valence-corrected chi connectivity index (χ0v) is 21.8. The fourth-order valence-corrected chi connectivity index (χ4v) is 4.93. The van der Waals surface area contributed by atoms with E-state index < -0.39 is 54.1 Å². The Kier molecular flexibility index (Phi) is 7.52. The van der Waals surface area contributed by atoms with Gasteiger partial charge >= 0.3 is 18.3 Å². The van der Waals surface area contributed by atoms with Gasteiger partial charge in [0.1, 0.15) is 0 Å². The number of amides is 1. The third-order valence-corrected chi connectivity index (χ3v) is 6.73. The molecule has 4 aromatic carbocycles. The minimum absolute atomic E-state index is 0.0275. The number of aliphatic carboxylic acids is 1. The predicted molar refractivity (Wildman–Crippen MR) is 143 cm³/mol. The first-order chi connectivity index (χ1) is 20.3. The normalized spacial score (nSPS) is 12.1. The van der Waals surface area contributed by atoms with Crippen molar-refractivity contribution in [1.29, 1.82) is 0 Å². The number of primary amides is 1. The van der Waals surface area contributed by atoms with Crippen LogP contribution in [0.2, 0.25) is 0 Å². The largest absolute Gasteiger partial charge is 0.479 e. The van der Waals surface area contributed by atoms with Gasteiger partial charge in [0.15, 0.2) is 12.4 Å². The number of nitrogens with zero attached hydrogens (tertiary/aromatic N) is 1. The summed E-state index contributed by atoms with van der Waals surface area (Å²) in [6.45, 7) is -1.43. The molecule has 0 radical (unpaired) electrons. The van der Waals surface area contributed by atoms with Crippen molar-refractivity contribution in [2.45, 2.75) is 18.9 Å². The molecule has 0 aliphatic carbocycles. The first-order valence-corrected chi connectivity index (χ1v) is 12.5. The minimum Gasteiger partial charge on any atom is -0.479 e. The van der Waals surface area contributed by atoms with Crippen LogP contribution in [0.1, 0.15) is 27.0 Å². The summed E-state index contributed by atoms with van der Waals surface area (Å²) >= 11 is 0. The Balaban J connectivity index is 1.84. The minimum atomic E-state index is -5.12. The summed E-state index contributed by atoms with van der Waals surface area (Å²) < 4.78 is 83.6. The molecule has 0 saturated carbocycles. The van der Waals surface area contributed by atoms with E-state index in [9.17, 15) is 35.9 Å². The van der Waals surface area contributed by atoms with Gasteiger partial charge < -0.3 is 20.3 Å². The third-order valence-electron chi connectivity index (χ3n) is 6.73. The van der Waals surface area contributed by atoms with E-state index in [-0.39, 0.29) is 39.2 Å². The van der Waals surface area contributed by atoms with Crippen molar-refractivity contribution in [2.75, 3.05) is 6.61 Å². The highest BCUT2D eigenvalue weighted by molar-refractivity contribution is 6.20. The molecule has 5 rings (SSSR count). The number of hydrogen-bond donors (Lipinski definition) is 2. The van der Waals surface area contributed by atoms with Crippen molar-refractivity contribution < 1.29 is 50.8 Å². The van der Waals surface area contributed by atoms with E-state index in [0.29, 0.717) is 17.2 Å². The summed E-state index contributed by atoms with van der Waals surface area (Å²) in [4.78, 5) is 33.8. The molecular weight excluding hydrogens is 582 g/mol. The number of carboxylic acid groups (broad SMARTS) is 1. The lowest BCUT2D eigenvalue weighted by molar-refractivity contribution is -0.212. The standard InChI is InChI=1S/C30H20F6N2O5/c31-29(32,33)19-10-9-17(21(13-19)30(34,35)36)14-38-22-8-4-7-20(28(37)41)26(22)27-23(38)11-18(16-5-2-1-3-6-16)12-24(27)43-42-15-25(39)40/h1-13H,14-15H2,(H2,37,41)(H,39,40). The molecule has 43 heavy (non-hydrogen) atoms. The summed E-state index contributed by atoms with van der Waals surface area (Å²) in [6.07, 6.45) is -10.1. The lowest BCUT2D eigenvalue weighted by Gasteiger charge is -2.17. The van der Waals surface area contributed by atoms with Crippen molar-refractivity contribution in [3.63, 3.8) is 0 Å². The Morgan fingerprint density at radius 3 is 2.14 bits per heavy atom. The molecule has 222 valence electrons. The highest BCUT2D eigenvalue weighted by atomic mass is 19.4. The van der Waals surface area contributed by atoms with Gasteiger partial charge in [0.25, 0.3) is 0 Å². The van der Waals surface area contributed by atoms with Gasteiger partial charge in [-0.15, -0.1) is 0 Å². The molecule has 1 amide bonds. The number of nitrogens with two attached hydrogens (primary N) is 1. The van der Waals surface area contributed by atoms with E-state index in [1.807, 2.05) is 0 Å². The maximum Gasteiger partial charge on any atom is 0.416 e. The van der Waals surface area contributed by atoms with Crippen molar-refractivity contribution in [2.24, 2.45) is 5.73 Å². The number of rotatable bonds is 8. The second-order valence-corrected chi connectivity index (χ2v) is 9.49. The average Bonchev–Trinajstić information content (AvgIpc) is 3.25. The zero-order valence-electron chi connectivity index (χ0n) is 21.8. The van der Waals surface area contributed by atoms with Crippen LogP contribution < -0.4 is 10.6 Å². The van der Waals surface area contributed by atoms with Gasteiger partial charge in [-0.25, -0.2) is 4.79 Å². The highest BCUT2D eigenvalue weighted by Crippen LogP contribution is 2.43. The average molecular weight is 602 g/mol. The zero-order chi connectivity index (χ0) is 31.1. The summed E-state index contributed by atoms with van der Waals surface area (Å²) in [5.74, 6) is -2.30. The Labute approximate surface area is 238 Å². The molecule has 3 N–H and O–H groups in total. The summed E-state index contributed by atoms with van der Waals surface area (Å²) in [6, 6.07) is 17.5. The first kappa shape index (κ1) is 29.5. The van der Waals surface area contributed by atoms with Crippen molar-refractivity contribution in [1.82, 2.24) is 4.57 Å². The van der Waals surface area contributed by atoms with Gasteiger partial charge in [0.2, 0.25) is 5.91 Å². The Morgan fingerprint density at radius 1 is 0.791 bits per heavy atom. The van der Waals surface area contributed by atoms with E-state index >= 15 is 0 Å². The number of carbonyl (C=O) groups is 2. The molecule has 1 heterocycles. The van der Waals surface area contributed by atoms with Crippen LogP contribution in [-0.4, -0.2) is 28.2 Å². The molecule has 1 aromatic heterocycles. The highest BCUT2D eigenvalue weighted by Gasteiger charge is 2.38. The Bertz CT molecular complexity index is 1860. The van der Waals surface area contributed by atoms with Gasteiger partial charge in [0.05, 0.1) is 27.5 Å². The van der Waals surface area contributed by atoms with Crippen LogP contribution in [0, 0.1) is 0 Å². The summed E-state index contributed by atoms with van der Waals surface area (Å²) in [5.41, 5.74) is 3.74. The van der Waals surface area contributed by atoms with Gasteiger partial charge in [-0.2, -0.15) is 31.2 Å². The van der Waals surface area contributed by atoms with Crippen molar-refractivity contribution in [3.05, 3.63) is 101 Å². The smallest absolute Gasteiger partial charge is 0.416 e. The number of fused-ring (bicyclic) bond motifs is 3. The maximum absolute atomic E-state index is 14.1. The van der Waals surface area contributed by atoms with Crippen LogP contribution in [0.15, 0.2) is 78.9 Å². The molecule has 0 spiro atoms. The van der Waals surface area contributed by atoms with Gasteiger partial charge in [-0.3, -0.25) is 4.79 Å². The number of aromatic nitrogens is 1. The topological polar surface area (TPSA) is 104 Å². The summed E-state index contributed by atoms with van der Waals surface area (Å²) in [7, 11) is 0. The maximum atomic E-state index is 14.1. The molecular formula is C30H20F6N2O5. The van der Waals surface area contributed by atoms with Gasteiger partial charge in [0, 0.05) is 17.5 Å².